The average molecular weight is 551 g/mol. The van der Waals surface area contributed by atoms with E-state index in [1.807, 2.05) is 0 Å². The van der Waals surface area contributed by atoms with E-state index in [-0.39, 0.29) is 55.7 Å². The highest BCUT2D eigenvalue weighted by molar-refractivity contribution is 8.00. The number of carbonyl (C=O) groups is 1. The maximum absolute atomic E-state index is 13.5. The zero-order valence-electron chi connectivity index (χ0n) is 19.9. The van der Waals surface area contributed by atoms with E-state index < -0.39 is 17.3 Å². The van der Waals surface area contributed by atoms with E-state index in [9.17, 15) is 27.9 Å². The average Bonchev–Trinajstić information content (AvgIpc) is 2.83. The Kier molecular flexibility index (Phi) is 9.64. The fourth-order valence-electron chi connectivity index (χ4n) is 3.91. The lowest BCUT2D eigenvalue weighted by molar-refractivity contribution is -0.137. The Balaban J connectivity index is 1.97. The molecule has 1 heterocycles. The number of aromatic nitrogens is 1. The SMILES string of the molecule is C=CCN(CC=C)CCCC(=O)CSc1c(-c2cc(Cl)ccc2O)c2cc(C(F)(F)F)ccc2[nH]c1=O. The van der Waals surface area contributed by atoms with Gasteiger partial charge in [-0.1, -0.05) is 23.8 Å². The number of benzene rings is 2. The van der Waals surface area contributed by atoms with Crippen LogP contribution in [-0.2, 0) is 11.0 Å². The molecule has 0 atom stereocenters. The second-order valence-electron chi connectivity index (χ2n) is 8.35. The van der Waals surface area contributed by atoms with Gasteiger partial charge in [-0.2, -0.15) is 13.2 Å². The molecular formula is C27H26ClF3N2O3S. The molecule has 1 aromatic heterocycles. The first kappa shape index (κ1) is 28.6. The van der Waals surface area contributed by atoms with Crippen molar-refractivity contribution in [2.24, 2.45) is 0 Å². The summed E-state index contributed by atoms with van der Waals surface area (Å²) >= 11 is 7.04. The van der Waals surface area contributed by atoms with Crippen LogP contribution >= 0.6 is 23.4 Å². The number of nitrogens with zero attached hydrogens (tertiary/aromatic N) is 1. The van der Waals surface area contributed by atoms with E-state index in [4.69, 9.17) is 11.6 Å². The Morgan fingerprint density at radius 1 is 1.14 bits per heavy atom. The zero-order chi connectivity index (χ0) is 27.2. The summed E-state index contributed by atoms with van der Waals surface area (Å²) < 4.78 is 40.5. The normalized spacial score (nSPS) is 11.7. The molecule has 0 aliphatic carbocycles. The van der Waals surface area contributed by atoms with Crippen molar-refractivity contribution in [1.29, 1.82) is 0 Å². The molecule has 196 valence electrons. The zero-order valence-corrected chi connectivity index (χ0v) is 21.5. The standard InChI is InChI=1S/C27H26ClF3N2O3S/c1-3-11-33(12-4-2)13-5-6-19(34)16-37-25-24(21-15-18(28)8-10-23(21)35)20-14-17(27(29,30)31)7-9-22(20)32-26(25)36/h3-4,7-10,14-15,35H,1-2,5-6,11-13,16H2,(H,32,36). The molecule has 0 saturated carbocycles. The lowest BCUT2D eigenvalue weighted by Gasteiger charge is -2.18. The van der Waals surface area contributed by atoms with Gasteiger partial charge in [-0.05, 0) is 49.4 Å². The van der Waals surface area contributed by atoms with Gasteiger partial charge < -0.3 is 10.1 Å². The fourth-order valence-corrected chi connectivity index (χ4v) is 5.08. The Labute approximate surface area is 221 Å². The number of rotatable bonds is 12. The number of aromatic amines is 1. The largest absolute Gasteiger partial charge is 0.507 e. The summed E-state index contributed by atoms with van der Waals surface area (Å²) in [5, 5.41) is 10.8. The molecule has 0 amide bonds. The molecule has 0 saturated heterocycles. The lowest BCUT2D eigenvalue weighted by Crippen LogP contribution is -2.25. The van der Waals surface area contributed by atoms with Crippen LogP contribution in [-0.4, -0.2) is 46.2 Å². The number of alkyl halides is 3. The molecule has 3 rings (SSSR count). The number of hydrogen-bond donors (Lipinski definition) is 2. The van der Waals surface area contributed by atoms with Gasteiger partial charge in [0.15, 0.2) is 0 Å². The van der Waals surface area contributed by atoms with Crippen molar-refractivity contribution in [2.45, 2.75) is 23.9 Å². The summed E-state index contributed by atoms with van der Waals surface area (Å²) in [5.41, 5.74) is -1.14. The van der Waals surface area contributed by atoms with Gasteiger partial charge in [0.05, 0.1) is 16.2 Å². The van der Waals surface area contributed by atoms with Gasteiger partial charge in [0.1, 0.15) is 11.5 Å². The van der Waals surface area contributed by atoms with Gasteiger partial charge in [-0.15, -0.1) is 24.9 Å². The number of pyridine rings is 1. The predicted molar refractivity (Wildman–Crippen MR) is 143 cm³/mol. The monoisotopic (exact) mass is 550 g/mol. The second kappa shape index (κ2) is 12.5. The number of Topliss-reactive ketones (excluding diaryl/α,β-unsaturated/α-hetero) is 1. The van der Waals surface area contributed by atoms with E-state index in [1.54, 1.807) is 12.2 Å². The summed E-state index contributed by atoms with van der Waals surface area (Å²) in [6.07, 6.45) is -0.230. The molecule has 2 N–H and O–H groups in total. The topological polar surface area (TPSA) is 73.4 Å². The van der Waals surface area contributed by atoms with Crippen molar-refractivity contribution in [2.75, 3.05) is 25.4 Å². The number of nitrogens with one attached hydrogen (secondary N) is 1. The van der Waals surface area contributed by atoms with Crippen LogP contribution in [0.2, 0.25) is 5.02 Å². The highest BCUT2D eigenvalue weighted by Gasteiger charge is 2.31. The molecule has 2 aromatic carbocycles. The summed E-state index contributed by atoms with van der Waals surface area (Å²) in [4.78, 5) is 30.3. The summed E-state index contributed by atoms with van der Waals surface area (Å²) in [6.45, 7) is 9.41. The molecule has 0 unspecified atom stereocenters. The minimum absolute atomic E-state index is 0.0256. The molecule has 0 radical (unpaired) electrons. The Hall–Kier alpha value is -3.01. The number of phenolic OH excluding ortho intramolecular Hbond substituents is 1. The molecular weight excluding hydrogens is 525 g/mol. The van der Waals surface area contributed by atoms with Gasteiger partial charge in [0.25, 0.3) is 5.56 Å². The Morgan fingerprint density at radius 3 is 2.49 bits per heavy atom. The number of ketones is 1. The van der Waals surface area contributed by atoms with Crippen LogP contribution in [0.15, 0.2) is 71.4 Å². The van der Waals surface area contributed by atoms with Gasteiger partial charge in [0.2, 0.25) is 0 Å². The minimum atomic E-state index is -4.62. The van der Waals surface area contributed by atoms with E-state index in [0.29, 0.717) is 26.1 Å². The molecule has 0 spiro atoms. The number of halogens is 4. The number of thioether (sulfide) groups is 1. The summed E-state index contributed by atoms with van der Waals surface area (Å²) in [6, 6.07) is 7.07. The fraction of sp³-hybridized carbons (Fsp3) is 0.259. The number of phenols is 1. The van der Waals surface area contributed by atoms with Gasteiger partial charge in [0, 0.05) is 46.6 Å². The van der Waals surface area contributed by atoms with E-state index >= 15 is 0 Å². The highest BCUT2D eigenvalue weighted by atomic mass is 35.5. The van der Waals surface area contributed by atoms with Crippen LogP contribution in [0.1, 0.15) is 18.4 Å². The number of aromatic hydroxyl groups is 1. The molecule has 10 heteroatoms. The maximum atomic E-state index is 13.5. The Bertz CT molecular complexity index is 1360. The molecule has 0 aliphatic rings. The molecule has 0 fully saturated rings. The van der Waals surface area contributed by atoms with Crippen molar-refractivity contribution in [3.05, 3.63) is 82.6 Å². The van der Waals surface area contributed by atoms with Crippen LogP contribution in [0.3, 0.4) is 0 Å². The molecule has 0 bridgehead atoms. The van der Waals surface area contributed by atoms with Crippen molar-refractivity contribution in [3.63, 3.8) is 0 Å². The number of hydrogen-bond acceptors (Lipinski definition) is 5. The number of H-pyrrole nitrogens is 1. The van der Waals surface area contributed by atoms with Crippen LogP contribution in [0, 0.1) is 0 Å². The molecule has 0 aliphatic heterocycles. The maximum Gasteiger partial charge on any atom is 0.416 e. The molecule has 37 heavy (non-hydrogen) atoms. The summed E-state index contributed by atoms with van der Waals surface area (Å²) in [5.74, 6) is -0.441. The van der Waals surface area contributed by atoms with E-state index in [0.717, 1.165) is 23.9 Å². The van der Waals surface area contributed by atoms with Gasteiger partial charge >= 0.3 is 6.18 Å². The smallest absolute Gasteiger partial charge is 0.416 e. The summed E-state index contributed by atoms with van der Waals surface area (Å²) in [7, 11) is 0. The van der Waals surface area contributed by atoms with E-state index in [2.05, 4.69) is 23.0 Å². The van der Waals surface area contributed by atoms with Crippen LogP contribution < -0.4 is 5.56 Å². The van der Waals surface area contributed by atoms with Crippen molar-refractivity contribution >= 4 is 40.0 Å². The predicted octanol–water partition coefficient (Wildman–Crippen LogP) is 6.69. The van der Waals surface area contributed by atoms with Gasteiger partial charge in [-0.3, -0.25) is 14.5 Å². The quantitative estimate of drug-likeness (QED) is 0.194. The number of carbonyl (C=O) groups excluding carboxylic acids is 1. The first-order valence-corrected chi connectivity index (χ1v) is 12.8. The highest BCUT2D eigenvalue weighted by Crippen LogP contribution is 2.42. The third-order valence-corrected chi connectivity index (χ3v) is 6.99. The molecule has 5 nitrogen and oxygen atoms in total. The van der Waals surface area contributed by atoms with Crippen LogP contribution in [0.4, 0.5) is 13.2 Å². The molecule has 3 aromatic rings. The van der Waals surface area contributed by atoms with Crippen molar-refractivity contribution in [3.8, 4) is 16.9 Å². The van der Waals surface area contributed by atoms with Gasteiger partial charge in [-0.25, -0.2) is 0 Å². The lowest BCUT2D eigenvalue weighted by atomic mass is 9.98. The third kappa shape index (κ3) is 7.28. The second-order valence-corrected chi connectivity index (χ2v) is 9.77. The third-order valence-electron chi connectivity index (χ3n) is 5.61. The van der Waals surface area contributed by atoms with Crippen molar-refractivity contribution < 1.29 is 23.1 Å². The van der Waals surface area contributed by atoms with Crippen molar-refractivity contribution in [1.82, 2.24) is 9.88 Å². The Morgan fingerprint density at radius 2 is 1.84 bits per heavy atom. The van der Waals surface area contributed by atoms with Crippen LogP contribution in [0.25, 0.3) is 22.0 Å². The minimum Gasteiger partial charge on any atom is -0.507 e. The first-order chi connectivity index (χ1) is 17.5. The van der Waals surface area contributed by atoms with E-state index in [1.165, 1.54) is 24.3 Å². The number of fused-ring (bicyclic) bond motifs is 1. The first-order valence-electron chi connectivity index (χ1n) is 11.4. The van der Waals surface area contributed by atoms with Crippen LogP contribution in [0.5, 0.6) is 5.75 Å².